The first-order valence-corrected chi connectivity index (χ1v) is 4.86. The molecule has 0 unspecified atom stereocenters. The molecule has 0 spiro atoms. The van der Waals surface area contributed by atoms with E-state index in [0.717, 1.165) is 19.6 Å². The van der Waals surface area contributed by atoms with E-state index in [9.17, 15) is 4.79 Å². The van der Waals surface area contributed by atoms with E-state index in [1.165, 1.54) is 0 Å². The van der Waals surface area contributed by atoms with Crippen LogP contribution in [0.5, 0.6) is 0 Å². The van der Waals surface area contributed by atoms with Gasteiger partial charge in [-0.1, -0.05) is 6.92 Å². The number of nitriles is 1. The molecular formula is C9H16N4O. The Labute approximate surface area is 84.1 Å². The van der Waals surface area contributed by atoms with Gasteiger partial charge >= 0.3 is 0 Å². The maximum Gasteiger partial charge on any atom is 0.235 e. The van der Waals surface area contributed by atoms with Gasteiger partial charge < -0.3 is 10.6 Å². The van der Waals surface area contributed by atoms with E-state index in [1.54, 1.807) is 0 Å². The lowest BCUT2D eigenvalue weighted by Gasteiger charge is -2.37. The molecule has 1 aliphatic heterocycles. The number of amides is 1. The highest BCUT2D eigenvalue weighted by Gasteiger charge is 2.24. The molecule has 0 bridgehead atoms. The lowest BCUT2D eigenvalue weighted by molar-refractivity contribution is -0.122. The third-order valence-electron chi connectivity index (χ3n) is 2.39. The maximum absolute atomic E-state index is 11.3. The van der Waals surface area contributed by atoms with Crippen molar-refractivity contribution in [1.29, 1.82) is 5.26 Å². The molecule has 0 aromatic rings. The standard InChI is InChI=1S/C9H16N4O/c1-2-13(8-5-11-6-8)7-9(14)12-4-3-10/h8,11H,2,4-7H2,1H3,(H,12,14). The minimum absolute atomic E-state index is 0.0692. The van der Waals surface area contributed by atoms with Gasteiger partial charge in [-0.25, -0.2) is 0 Å². The molecule has 5 nitrogen and oxygen atoms in total. The van der Waals surface area contributed by atoms with Crippen molar-refractivity contribution in [2.75, 3.05) is 32.7 Å². The largest absolute Gasteiger partial charge is 0.342 e. The summed E-state index contributed by atoms with van der Waals surface area (Å²) in [6.07, 6.45) is 0. The monoisotopic (exact) mass is 196 g/mol. The van der Waals surface area contributed by atoms with Crippen LogP contribution in [0, 0.1) is 11.3 Å². The smallest absolute Gasteiger partial charge is 0.235 e. The fourth-order valence-electron chi connectivity index (χ4n) is 1.41. The number of nitrogens with zero attached hydrogens (tertiary/aromatic N) is 2. The third-order valence-corrected chi connectivity index (χ3v) is 2.39. The van der Waals surface area contributed by atoms with Crippen LogP contribution in [0.15, 0.2) is 0 Å². The molecule has 1 saturated heterocycles. The van der Waals surface area contributed by atoms with Gasteiger partial charge in [0.05, 0.1) is 12.6 Å². The molecule has 0 saturated carbocycles. The molecule has 1 heterocycles. The van der Waals surface area contributed by atoms with Crippen LogP contribution in [0.4, 0.5) is 0 Å². The van der Waals surface area contributed by atoms with E-state index in [4.69, 9.17) is 5.26 Å². The Morgan fingerprint density at radius 1 is 1.71 bits per heavy atom. The summed E-state index contributed by atoms with van der Waals surface area (Å²) in [6.45, 7) is 5.31. The molecule has 2 N–H and O–H groups in total. The van der Waals surface area contributed by atoms with Crippen LogP contribution in [-0.4, -0.2) is 49.6 Å². The van der Waals surface area contributed by atoms with Gasteiger partial charge in [-0.2, -0.15) is 5.26 Å². The highest BCUT2D eigenvalue weighted by molar-refractivity contribution is 5.78. The molecule has 0 aromatic carbocycles. The molecule has 1 aliphatic rings. The van der Waals surface area contributed by atoms with Gasteiger partial charge in [0.1, 0.15) is 6.54 Å². The Morgan fingerprint density at radius 3 is 2.86 bits per heavy atom. The van der Waals surface area contributed by atoms with E-state index < -0.39 is 0 Å². The number of rotatable bonds is 5. The molecule has 0 aromatic heterocycles. The van der Waals surface area contributed by atoms with Crippen molar-refractivity contribution in [2.45, 2.75) is 13.0 Å². The van der Waals surface area contributed by atoms with Crippen LogP contribution in [0.1, 0.15) is 6.92 Å². The lowest BCUT2D eigenvalue weighted by atomic mass is 10.1. The minimum atomic E-state index is -0.0692. The van der Waals surface area contributed by atoms with Crippen LogP contribution in [0.25, 0.3) is 0 Å². The number of hydrogen-bond acceptors (Lipinski definition) is 4. The van der Waals surface area contributed by atoms with Crippen LogP contribution >= 0.6 is 0 Å². The predicted octanol–water partition coefficient (Wildman–Crippen LogP) is -1.08. The van der Waals surface area contributed by atoms with Gasteiger partial charge in [-0.05, 0) is 6.54 Å². The van der Waals surface area contributed by atoms with Crippen LogP contribution in [0.2, 0.25) is 0 Å². The van der Waals surface area contributed by atoms with Gasteiger partial charge in [-0.15, -0.1) is 0 Å². The molecule has 1 rings (SSSR count). The second-order valence-corrected chi connectivity index (χ2v) is 3.31. The molecule has 0 aliphatic carbocycles. The van der Waals surface area contributed by atoms with Gasteiger partial charge in [-0.3, -0.25) is 9.69 Å². The molecule has 14 heavy (non-hydrogen) atoms. The van der Waals surface area contributed by atoms with E-state index >= 15 is 0 Å². The predicted molar refractivity (Wildman–Crippen MR) is 52.5 cm³/mol. The first-order valence-electron chi connectivity index (χ1n) is 4.86. The van der Waals surface area contributed by atoms with Gasteiger partial charge in [0, 0.05) is 19.1 Å². The molecule has 0 radical (unpaired) electrons. The van der Waals surface area contributed by atoms with Crippen molar-refractivity contribution in [3.63, 3.8) is 0 Å². The summed E-state index contributed by atoms with van der Waals surface area (Å²) in [5.74, 6) is -0.0692. The van der Waals surface area contributed by atoms with Crippen molar-refractivity contribution in [3.8, 4) is 6.07 Å². The van der Waals surface area contributed by atoms with E-state index in [1.807, 2.05) is 13.0 Å². The number of likely N-dealkylation sites (N-methyl/N-ethyl adjacent to an activating group) is 1. The topological polar surface area (TPSA) is 68.2 Å². The zero-order valence-corrected chi connectivity index (χ0v) is 8.42. The quantitative estimate of drug-likeness (QED) is 0.549. The van der Waals surface area contributed by atoms with Crippen molar-refractivity contribution in [1.82, 2.24) is 15.5 Å². The number of hydrogen-bond donors (Lipinski definition) is 2. The minimum Gasteiger partial charge on any atom is -0.342 e. The molecule has 1 amide bonds. The summed E-state index contributed by atoms with van der Waals surface area (Å²) < 4.78 is 0. The normalized spacial score (nSPS) is 16.1. The Bertz CT molecular complexity index is 231. The van der Waals surface area contributed by atoms with E-state index in [0.29, 0.717) is 12.6 Å². The molecule has 0 atom stereocenters. The van der Waals surface area contributed by atoms with Gasteiger partial charge in [0.2, 0.25) is 5.91 Å². The van der Waals surface area contributed by atoms with Crippen molar-refractivity contribution < 1.29 is 4.79 Å². The van der Waals surface area contributed by atoms with Crippen molar-refractivity contribution in [2.24, 2.45) is 0 Å². The summed E-state index contributed by atoms with van der Waals surface area (Å²) in [5.41, 5.74) is 0. The average Bonchev–Trinajstić information content (AvgIpc) is 2.10. The lowest BCUT2D eigenvalue weighted by Crippen LogP contribution is -2.58. The molecule has 78 valence electrons. The van der Waals surface area contributed by atoms with E-state index in [-0.39, 0.29) is 12.5 Å². The van der Waals surface area contributed by atoms with Crippen LogP contribution in [0.3, 0.4) is 0 Å². The van der Waals surface area contributed by atoms with Gasteiger partial charge in [0.25, 0.3) is 0 Å². The van der Waals surface area contributed by atoms with Gasteiger partial charge in [0.15, 0.2) is 0 Å². The first kappa shape index (κ1) is 11.0. The molecule has 5 heteroatoms. The van der Waals surface area contributed by atoms with Crippen molar-refractivity contribution >= 4 is 5.91 Å². The number of carbonyl (C=O) groups is 1. The summed E-state index contributed by atoms with van der Waals surface area (Å²) in [6, 6.07) is 2.36. The van der Waals surface area contributed by atoms with Crippen LogP contribution in [-0.2, 0) is 4.79 Å². The summed E-state index contributed by atoms with van der Waals surface area (Å²) in [5, 5.41) is 14.0. The number of carbonyl (C=O) groups excluding carboxylic acids is 1. The molecule has 1 fully saturated rings. The van der Waals surface area contributed by atoms with E-state index in [2.05, 4.69) is 15.5 Å². The Balaban J connectivity index is 2.25. The summed E-state index contributed by atoms with van der Waals surface area (Å²) >= 11 is 0. The summed E-state index contributed by atoms with van der Waals surface area (Å²) in [7, 11) is 0. The second kappa shape index (κ2) is 5.58. The zero-order chi connectivity index (χ0) is 10.4. The SMILES string of the molecule is CCN(CC(=O)NCC#N)C1CNC1. The highest BCUT2D eigenvalue weighted by atomic mass is 16.2. The average molecular weight is 196 g/mol. The zero-order valence-electron chi connectivity index (χ0n) is 8.42. The fourth-order valence-corrected chi connectivity index (χ4v) is 1.41. The third kappa shape index (κ3) is 2.98. The maximum atomic E-state index is 11.3. The Hall–Kier alpha value is -1.12. The first-order chi connectivity index (χ1) is 6.77. The highest BCUT2D eigenvalue weighted by Crippen LogP contribution is 2.03. The Morgan fingerprint density at radius 2 is 2.43 bits per heavy atom. The van der Waals surface area contributed by atoms with Crippen LogP contribution < -0.4 is 10.6 Å². The molecular weight excluding hydrogens is 180 g/mol. The Kier molecular flexibility index (Phi) is 4.36. The number of nitrogens with one attached hydrogen (secondary N) is 2. The summed E-state index contributed by atoms with van der Waals surface area (Å²) in [4.78, 5) is 13.4. The second-order valence-electron chi connectivity index (χ2n) is 3.31. The van der Waals surface area contributed by atoms with Crippen molar-refractivity contribution in [3.05, 3.63) is 0 Å². The fraction of sp³-hybridized carbons (Fsp3) is 0.778.